The molecule has 2 aromatic heterocycles. The highest BCUT2D eigenvalue weighted by atomic mass is 16.4. The number of rotatable bonds is 3. The zero-order chi connectivity index (χ0) is 13.1. The maximum Gasteiger partial charge on any atom is 0.352 e. The third-order valence-electron chi connectivity index (χ3n) is 2.69. The Morgan fingerprint density at radius 3 is 2.78 bits per heavy atom. The molecule has 5 heteroatoms. The summed E-state index contributed by atoms with van der Waals surface area (Å²) < 4.78 is 1.21. The quantitative estimate of drug-likeness (QED) is 0.883. The lowest BCUT2D eigenvalue weighted by Crippen LogP contribution is -2.26. The monoisotopic (exact) mass is 244 g/mol. The van der Waals surface area contributed by atoms with Crippen molar-refractivity contribution in [3.8, 4) is 0 Å². The minimum absolute atomic E-state index is 0.0347. The molecular weight excluding hydrogens is 232 g/mol. The van der Waals surface area contributed by atoms with Gasteiger partial charge in [-0.1, -0.05) is 12.1 Å². The van der Waals surface area contributed by atoms with Crippen LogP contribution in [0.4, 0.5) is 0 Å². The molecule has 0 bridgehead atoms. The average molecular weight is 244 g/mol. The summed E-state index contributed by atoms with van der Waals surface area (Å²) in [4.78, 5) is 27.0. The fraction of sp³-hybridized carbons (Fsp3) is 0.154. The molecule has 18 heavy (non-hydrogen) atoms. The Labute approximate surface area is 103 Å². The number of aromatic nitrogens is 2. The molecule has 2 heterocycles. The molecule has 92 valence electrons. The summed E-state index contributed by atoms with van der Waals surface area (Å²) in [6.45, 7) is 2.03. The van der Waals surface area contributed by atoms with Crippen LogP contribution in [0.5, 0.6) is 0 Å². The SMILES string of the molecule is Cc1cccnc1Cn1c(C(=O)O)cccc1=O. The fourth-order valence-corrected chi connectivity index (χ4v) is 1.70. The zero-order valence-electron chi connectivity index (χ0n) is 9.83. The van der Waals surface area contributed by atoms with E-state index in [1.54, 1.807) is 12.3 Å². The molecule has 0 aliphatic carbocycles. The second-order valence-electron chi connectivity index (χ2n) is 3.91. The standard InChI is InChI=1S/C13H12N2O3/c1-9-4-3-7-14-10(9)8-15-11(13(17)18)5-2-6-12(15)16/h2-7H,8H2,1H3,(H,17,18). The maximum absolute atomic E-state index is 11.7. The van der Waals surface area contributed by atoms with Crippen LogP contribution in [0.15, 0.2) is 41.3 Å². The van der Waals surface area contributed by atoms with Crippen LogP contribution in [0, 0.1) is 6.92 Å². The molecule has 0 spiro atoms. The molecule has 0 aliphatic rings. The molecule has 0 aromatic carbocycles. The van der Waals surface area contributed by atoms with Gasteiger partial charge in [-0.3, -0.25) is 14.3 Å². The summed E-state index contributed by atoms with van der Waals surface area (Å²) >= 11 is 0. The van der Waals surface area contributed by atoms with Crippen molar-refractivity contribution in [3.63, 3.8) is 0 Å². The molecule has 0 unspecified atom stereocenters. The minimum Gasteiger partial charge on any atom is -0.477 e. The number of hydrogen-bond acceptors (Lipinski definition) is 3. The van der Waals surface area contributed by atoms with Gasteiger partial charge in [-0.25, -0.2) is 4.79 Å². The molecule has 2 aromatic rings. The van der Waals surface area contributed by atoms with E-state index in [2.05, 4.69) is 4.98 Å². The van der Waals surface area contributed by atoms with E-state index >= 15 is 0 Å². The first-order valence-corrected chi connectivity index (χ1v) is 5.43. The predicted molar refractivity (Wildman–Crippen MR) is 65.7 cm³/mol. The van der Waals surface area contributed by atoms with E-state index in [1.165, 1.54) is 22.8 Å². The van der Waals surface area contributed by atoms with Crippen LogP contribution >= 0.6 is 0 Å². The van der Waals surface area contributed by atoms with Crippen molar-refractivity contribution in [2.45, 2.75) is 13.5 Å². The summed E-state index contributed by atoms with van der Waals surface area (Å²) in [6, 6.07) is 7.85. The van der Waals surface area contributed by atoms with Crippen LogP contribution in [0.1, 0.15) is 21.7 Å². The number of carbonyl (C=O) groups is 1. The van der Waals surface area contributed by atoms with Gasteiger partial charge in [0.05, 0.1) is 12.2 Å². The second-order valence-corrected chi connectivity index (χ2v) is 3.91. The van der Waals surface area contributed by atoms with Gasteiger partial charge in [-0.05, 0) is 24.6 Å². The number of aromatic carboxylic acids is 1. The highest BCUT2D eigenvalue weighted by Gasteiger charge is 2.11. The van der Waals surface area contributed by atoms with Crippen molar-refractivity contribution in [2.24, 2.45) is 0 Å². The van der Waals surface area contributed by atoms with Crippen molar-refractivity contribution in [2.75, 3.05) is 0 Å². The molecule has 0 atom stereocenters. The van der Waals surface area contributed by atoms with Crippen LogP contribution in [0.2, 0.25) is 0 Å². The Morgan fingerprint density at radius 2 is 2.11 bits per heavy atom. The highest BCUT2D eigenvalue weighted by molar-refractivity contribution is 5.85. The van der Waals surface area contributed by atoms with E-state index < -0.39 is 5.97 Å². The van der Waals surface area contributed by atoms with Crippen LogP contribution in [0.3, 0.4) is 0 Å². The number of pyridine rings is 2. The Bertz CT molecular complexity index is 647. The molecule has 0 fully saturated rings. The number of carboxylic acids is 1. The van der Waals surface area contributed by atoms with Crippen molar-refractivity contribution in [1.29, 1.82) is 0 Å². The van der Waals surface area contributed by atoms with Gasteiger partial charge in [0.1, 0.15) is 5.69 Å². The Kier molecular flexibility index (Phi) is 3.23. The fourth-order valence-electron chi connectivity index (χ4n) is 1.70. The largest absolute Gasteiger partial charge is 0.477 e. The van der Waals surface area contributed by atoms with E-state index in [0.29, 0.717) is 5.69 Å². The summed E-state index contributed by atoms with van der Waals surface area (Å²) in [5, 5.41) is 9.06. The van der Waals surface area contributed by atoms with Crippen molar-refractivity contribution < 1.29 is 9.90 Å². The van der Waals surface area contributed by atoms with Crippen LogP contribution < -0.4 is 5.56 Å². The van der Waals surface area contributed by atoms with Crippen LogP contribution in [-0.4, -0.2) is 20.6 Å². The third-order valence-corrected chi connectivity index (χ3v) is 2.69. The van der Waals surface area contributed by atoms with Gasteiger partial charge in [0, 0.05) is 12.3 Å². The first kappa shape index (κ1) is 12.0. The highest BCUT2D eigenvalue weighted by Crippen LogP contribution is 2.06. The number of carboxylic acid groups (broad SMARTS) is 1. The van der Waals surface area contributed by atoms with Gasteiger partial charge in [0.15, 0.2) is 0 Å². The summed E-state index contributed by atoms with van der Waals surface area (Å²) in [5.41, 5.74) is 1.23. The van der Waals surface area contributed by atoms with E-state index in [0.717, 1.165) is 5.56 Å². The number of hydrogen-bond donors (Lipinski definition) is 1. The second kappa shape index (κ2) is 4.83. The Hall–Kier alpha value is -2.43. The zero-order valence-corrected chi connectivity index (χ0v) is 9.83. The Balaban J connectivity index is 2.50. The molecule has 0 saturated heterocycles. The van der Waals surface area contributed by atoms with Crippen molar-refractivity contribution in [1.82, 2.24) is 9.55 Å². The van der Waals surface area contributed by atoms with Crippen molar-refractivity contribution in [3.05, 3.63) is 63.8 Å². The Morgan fingerprint density at radius 1 is 1.33 bits per heavy atom. The smallest absolute Gasteiger partial charge is 0.352 e. The van der Waals surface area contributed by atoms with Crippen LogP contribution in [-0.2, 0) is 6.54 Å². The molecule has 1 N–H and O–H groups in total. The molecular formula is C13H12N2O3. The summed E-state index contributed by atoms with van der Waals surface area (Å²) in [6.07, 6.45) is 1.62. The predicted octanol–water partition coefficient (Wildman–Crippen LogP) is 1.30. The number of nitrogens with zero attached hydrogens (tertiary/aromatic N) is 2. The summed E-state index contributed by atoms with van der Waals surface area (Å²) in [5.74, 6) is -1.12. The molecule has 5 nitrogen and oxygen atoms in total. The van der Waals surface area contributed by atoms with E-state index in [-0.39, 0.29) is 17.8 Å². The molecule has 0 aliphatic heterocycles. The van der Waals surface area contributed by atoms with Gasteiger partial charge < -0.3 is 5.11 Å². The lowest BCUT2D eigenvalue weighted by atomic mass is 10.2. The van der Waals surface area contributed by atoms with E-state index in [9.17, 15) is 9.59 Å². The topological polar surface area (TPSA) is 72.2 Å². The molecule has 2 rings (SSSR count). The molecule has 0 amide bonds. The van der Waals surface area contributed by atoms with Crippen molar-refractivity contribution >= 4 is 5.97 Å². The minimum atomic E-state index is -1.12. The van der Waals surface area contributed by atoms with E-state index in [1.807, 2.05) is 13.0 Å². The summed E-state index contributed by atoms with van der Waals surface area (Å²) in [7, 11) is 0. The normalized spacial score (nSPS) is 10.3. The van der Waals surface area contributed by atoms with Gasteiger partial charge in [0.25, 0.3) is 5.56 Å². The van der Waals surface area contributed by atoms with Gasteiger partial charge in [0.2, 0.25) is 0 Å². The lowest BCUT2D eigenvalue weighted by Gasteiger charge is -2.10. The lowest BCUT2D eigenvalue weighted by molar-refractivity contribution is 0.0684. The molecule has 0 saturated carbocycles. The number of aryl methyl sites for hydroxylation is 1. The maximum atomic E-state index is 11.7. The van der Waals surface area contributed by atoms with Gasteiger partial charge in [-0.2, -0.15) is 0 Å². The van der Waals surface area contributed by atoms with E-state index in [4.69, 9.17) is 5.11 Å². The van der Waals surface area contributed by atoms with Crippen LogP contribution in [0.25, 0.3) is 0 Å². The van der Waals surface area contributed by atoms with Gasteiger partial charge >= 0.3 is 5.97 Å². The average Bonchev–Trinajstić information content (AvgIpc) is 2.34. The third kappa shape index (κ3) is 2.29. The first-order valence-electron chi connectivity index (χ1n) is 5.43. The first-order chi connectivity index (χ1) is 8.59. The van der Waals surface area contributed by atoms with Gasteiger partial charge in [-0.15, -0.1) is 0 Å². The molecule has 0 radical (unpaired) electrons.